The van der Waals surface area contributed by atoms with E-state index >= 15 is 0 Å². The maximum Gasteiger partial charge on any atom is 0.137 e. The second-order valence-electron chi connectivity index (χ2n) is 4.64. The van der Waals surface area contributed by atoms with Crippen LogP contribution in [0.1, 0.15) is 36.2 Å². The molecule has 2 aromatic heterocycles. The van der Waals surface area contributed by atoms with Crippen LogP contribution in [0.4, 0.5) is 0 Å². The predicted molar refractivity (Wildman–Crippen MR) is 78.2 cm³/mol. The van der Waals surface area contributed by atoms with Crippen molar-refractivity contribution in [2.75, 3.05) is 6.61 Å². The topological polar surface area (TPSA) is 73.1 Å². The van der Waals surface area contributed by atoms with Crippen molar-refractivity contribution < 1.29 is 4.74 Å². The molecule has 0 fully saturated rings. The molecular weight excluding hydrogens is 252 g/mol. The van der Waals surface area contributed by atoms with Crippen molar-refractivity contribution in [3.63, 3.8) is 0 Å². The molecular formula is C15H20N4O. The molecule has 0 saturated heterocycles. The van der Waals surface area contributed by atoms with Crippen molar-refractivity contribution in [2.24, 2.45) is 5.84 Å². The highest BCUT2D eigenvalue weighted by Crippen LogP contribution is 2.23. The van der Waals surface area contributed by atoms with Crippen molar-refractivity contribution in [1.29, 1.82) is 0 Å². The van der Waals surface area contributed by atoms with Crippen molar-refractivity contribution in [2.45, 2.75) is 26.3 Å². The molecule has 5 heteroatoms. The Hall–Kier alpha value is -1.98. The summed E-state index contributed by atoms with van der Waals surface area (Å²) in [6.45, 7) is 4.70. The predicted octanol–water partition coefficient (Wildman–Crippen LogP) is 2.13. The molecule has 0 spiro atoms. The molecule has 0 bridgehead atoms. The summed E-state index contributed by atoms with van der Waals surface area (Å²) in [6, 6.07) is 5.77. The van der Waals surface area contributed by atoms with E-state index in [2.05, 4.69) is 22.3 Å². The van der Waals surface area contributed by atoms with Crippen molar-refractivity contribution in [3.05, 3.63) is 53.6 Å². The fourth-order valence-corrected chi connectivity index (χ4v) is 1.93. The highest BCUT2D eigenvalue weighted by molar-refractivity contribution is 5.33. The molecule has 1 unspecified atom stereocenters. The molecule has 20 heavy (non-hydrogen) atoms. The summed E-state index contributed by atoms with van der Waals surface area (Å²) in [6.07, 6.45) is 6.27. The monoisotopic (exact) mass is 272 g/mol. The van der Waals surface area contributed by atoms with Gasteiger partial charge in [0.1, 0.15) is 5.75 Å². The minimum absolute atomic E-state index is 0.152. The molecule has 5 nitrogen and oxygen atoms in total. The lowest BCUT2D eigenvalue weighted by molar-refractivity contribution is 0.315. The summed E-state index contributed by atoms with van der Waals surface area (Å²) in [4.78, 5) is 8.51. The summed E-state index contributed by atoms with van der Waals surface area (Å²) >= 11 is 0. The summed E-state index contributed by atoms with van der Waals surface area (Å²) in [5.74, 6) is 6.43. The first kappa shape index (κ1) is 14.4. The number of nitrogens with one attached hydrogen (secondary N) is 1. The number of nitrogens with two attached hydrogens (primary N) is 1. The summed E-state index contributed by atoms with van der Waals surface area (Å²) in [7, 11) is 0. The van der Waals surface area contributed by atoms with Crippen molar-refractivity contribution >= 4 is 0 Å². The first-order valence-electron chi connectivity index (χ1n) is 6.71. The van der Waals surface area contributed by atoms with Gasteiger partial charge in [0.05, 0.1) is 18.8 Å². The van der Waals surface area contributed by atoms with Gasteiger partial charge in [-0.25, -0.2) is 5.43 Å². The van der Waals surface area contributed by atoms with Gasteiger partial charge in [-0.2, -0.15) is 0 Å². The van der Waals surface area contributed by atoms with E-state index in [1.165, 1.54) is 0 Å². The first-order chi connectivity index (χ1) is 9.74. The SMILES string of the molecule is CCCOc1cncc(C(NN)c2ccc(C)nc2)c1. The van der Waals surface area contributed by atoms with E-state index in [1.807, 2.05) is 31.3 Å². The molecule has 0 radical (unpaired) electrons. The highest BCUT2D eigenvalue weighted by atomic mass is 16.5. The van der Waals surface area contributed by atoms with E-state index in [4.69, 9.17) is 10.6 Å². The van der Waals surface area contributed by atoms with Gasteiger partial charge >= 0.3 is 0 Å². The van der Waals surface area contributed by atoms with E-state index in [1.54, 1.807) is 12.4 Å². The number of aromatic nitrogens is 2. The highest BCUT2D eigenvalue weighted by Gasteiger charge is 2.14. The minimum Gasteiger partial charge on any atom is -0.492 e. The Labute approximate surface area is 119 Å². The molecule has 1 atom stereocenters. The van der Waals surface area contributed by atoms with Crippen LogP contribution in [-0.4, -0.2) is 16.6 Å². The van der Waals surface area contributed by atoms with Gasteiger partial charge in [-0.15, -0.1) is 0 Å². The van der Waals surface area contributed by atoms with Crippen LogP contribution in [0.2, 0.25) is 0 Å². The molecule has 0 aliphatic heterocycles. The zero-order valence-electron chi connectivity index (χ0n) is 11.8. The Morgan fingerprint density at radius 2 is 2.10 bits per heavy atom. The van der Waals surface area contributed by atoms with Crippen LogP contribution in [0, 0.1) is 6.92 Å². The van der Waals surface area contributed by atoms with Gasteiger partial charge < -0.3 is 4.74 Å². The zero-order valence-corrected chi connectivity index (χ0v) is 11.8. The standard InChI is InChI=1S/C15H20N4O/c1-3-6-20-14-7-13(8-17-10-14)15(19-16)12-5-4-11(2)18-9-12/h4-5,7-10,15,19H,3,6,16H2,1-2H3. The number of ether oxygens (including phenoxy) is 1. The van der Waals surface area contributed by atoms with Gasteiger partial charge in [-0.1, -0.05) is 13.0 Å². The molecule has 2 rings (SSSR count). The third kappa shape index (κ3) is 3.53. The van der Waals surface area contributed by atoms with Crippen LogP contribution in [0.15, 0.2) is 36.8 Å². The van der Waals surface area contributed by atoms with Gasteiger partial charge in [0, 0.05) is 18.1 Å². The molecule has 2 heterocycles. The molecule has 0 aliphatic carbocycles. The smallest absolute Gasteiger partial charge is 0.137 e. The van der Waals surface area contributed by atoms with Crippen LogP contribution in [0.5, 0.6) is 5.75 Å². The molecule has 0 amide bonds. The Bertz CT molecular complexity index is 542. The number of hydrazine groups is 1. The lowest BCUT2D eigenvalue weighted by atomic mass is 10.0. The normalized spacial score (nSPS) is 12.2. The molecule has 106 valence electrons. The minimum atomic E-state index is -0.152. The van der Waals surface area contributed by atoms with Crippen LogP contribution < -0.4 is 16.0 Å². The number of hydrogen-bond acceptors (Lipinski definition) is 5. The van der Waals surface area contributed by atoms with Gasteiger partial charge in [-0.3, -0.25) is 15.8 Å². The molecule has 0 saturated carbocycles. The summed E-state index contributed by atoms with van der Waals surface area (Å²) in [5, 5.41) is 0. The van der Waals surface area contributed by atoms with E-state index in [0.717, 1.165) is 29.0 Å². The zero-order chi connectivity index (χ0) is 14.4. The Kier molecular flexibility index (Phi) is 5.03. The lowest BCUT2D eigenvalue weighted by Crippen LogP contribution is -2.29. The van der Waals surface area contributed by atoms with Crippen molar-refractivity contribution in [3.8, 4) is 5.75 Å². The molecule has 0 aromatic carbocycles. The average Bonchev–Trinajstić information content (AvgIpc) is 2.48. The van der Waals surface area contributed by atoms with Gasteiger partial charge in [-0.05, 0) is 36.6 Å². The quantitative estimate of drug-likeness (QED) is 0.622. The fourth-order valence-electron chi connectivity index (χ4n) is 1.93. The van der Waals surface area contributed by atoms with Crippen LogP contribution >= 0.6 is 0 Å². The summed E-state index contributed by atoms with van der Waals surface area (Å²) in [5.41, 5.74) is 5.72. The van der Waals surface area contributed by atoms with Gasteiger partial charge in [0.15, 0.2) is 0 Å². The first-order valence-corrected chi connectivity index (χ1v) is 6.71. The number of nitrogens with zero attached hydrogens (tertiary/aromatic N) is 2. The van der Waals surface area contributed by atoms with E-state index in [9.17, 15) is 0 Å². The second-order valence-corrected chi connectivity index (χ2v) is 4.64. The Morgan fingerprint density at radius 3 is 2.75 bits per heavy atom. The van der Waals surface area contributed by atoms with Crippen LogP contribution in [-0.2, 0) is 0 Å². The van der Waals surface area contributed by atoms with Crippen LogP contribution in [0.25, 0.3) is 0 Å². The largest absolute Gasteiger partial charge is 0.492 e. The summed E-state index contributed by atoms with van der Waals surface area (Å²) < 4.78 is 5.60. The number of rotatable bonds is 6. The van der Waals surface area contributed by atoms with Gasteiger partial charge in [0.2, 0.25) is 0 Å². The second kappa shape index (κ2) is 6.98. The van der Waals surface area contributed by atoms with E-state index < -0.39 is 0 Å². The number of hydrogen-bond donors (Lipinski definition) is 2. The third-order valence-corrected chi connectivity index (χ3v) is 2.97. The molecule has 2 aromatic rings. The molecule has 0 aliphatic rings. The number of pyridine rings is 2. The lowest BCUT2D eigenvalue weighted by Gasteiger charge is -2.17. The van der Waals surface area contributed by atoms with Crippen molar-refractivity contribution in [1.82, 2.24) is 15.4 Å². The van der Waals surface area contributed by atoms with Crippen LogP contribution in [0.3, 0.4) is 0 Å². The Balaban J connectivity index is 2.24. The Morgan fingerprint density at radius 1 is 1.25 bits per heavy atom. The third-order valence-electron chi connectivity index (χ3n) is 2.97. The van der Waals surface area contributed by atoms with Gasteiger partial charge in [0.25, 0.3) is 0 Å². The maximum absolute atomic E-state index is 5.68. The molecule has 3 N–H and O–H groups in total. The number of aryl methyl sites for hydroxylation is 1. The van der Waals surface area contributed by atoms with E-state index in [0.29, 0.717) is 6.61 Å². The maximum atomic E-state index is 5.68. The van der Waals surface area contributed by atoms with E-state index in [-0.39, 0.29) is 6.04 Å². The fraction of sp³-hybridized carbons (Fsp3) is 0.333. The average molecular weight is 272 g/mol.